The second-order valence-electron chi connectivity index (χ2n) is 4.01. The summed E-state index contributed by atoms with van der Waals surface area (Å²) in [6.07, 6.45) is 1.66. The van der Waals surface area contributed by atoms with Crippen LogP contribution in [0.4, 0.5) is 0 Å². The Balaban J connectivity index is 1.85. The molecule has 1 fully saturated rings. The number of Topliss-reactive ketones (excluding diaryl/α,β-unsaturated/α-hetero) is 1. The summed E-state index contributed by atoms with van der Waals surface area (Å²) in [5.74, 6) is 0.282. The summed E-state index contributed by atoms with van der Waals surface area (Å²) < 4.78 is 5.27. The molecular weight excluding hydrogens is 192 g/mol. The van der Waals surface area contributed by atoms with Crippen LogP contribution in [0.5, 0.6) is 0 Å². The third kappa shape index (κ3) is 6.60. The van der Waals surface area contributed by atoms with Crippen LogP contribution >= 0.6 is 0 Å². The quantitative estimate of drug-likeness (QED) is 0.618. The summed E-state index contributed by atoms with van der Waals surface area (Å²) >= 11 is 0. The van der Waals surface area contributed by atoms with E-state index in [1.165, 1.54) is 0 Å². The Morgan fingerprint density at radius 2 is 2.07 bits per heavy atom. The highest BCUT2D eigenvalue weighted by Crippen LogP contribution is 1.94. The second kappa shape index (κ2) is 7.79. The van der Waals surface area contributed by atoms with E-state index in [1.54, 1.807) is 6.92 Å². The van der Waals surface area contributed by atoms with Gasteiger partial charge in [0.25, 0.3) is 0 Å². The Morgan fingerprint density at radius 3 is 2.73 bits per heavy atom. The summed E-state index contributed by atoms with van der Waals surface area (Å²) in [7, 11) is 0. The first kappa shape index (κ1) is 12.6. The molecule has 1 saturated heterocycles. The van der Waals surface area contributed by atoms with Crippen molar-refractivity contribution in [2.75, 3.05) is 45.9 Å². The Bertz CT molecular complexity index is 179. The molecule has 0 saturated carbocycles. The molecule has 0 radical (unpaired) electrons. The maximum atomic E-state index is 10.7. The van der Waals surface area contributed by atoms with E-state index >= 15 is 0 Å². The van der Waals surface area contributed by atoms with Crippen molar-refractivity contribution in [2.24, 2.45) is 0 Å². The molecule has 1 aliphatic heterocycles. The molecular formula is C11H22N2O2. The Labute approximate surface area is 92.0 Å². The lowest BCUT2D eigenvalue weighted by molar-refractivity contribution is -0.117. The van der Waals surface area contributed by atoms with Crippen molar-refractivity contribution < 1.29 is 9.53 Å². The van der Waals surface area contributed by atoms with Crippen molar-refractivity contribution in [3.05, 3.63) is 0 Å². The molecule has 0 spiro atoms. The SMILES string of the molecule is CC(=O)CCCNCCN1CCOCC1. The Hall–Kier alpha value is -0.450. The fraction of sp³-hybridized carbons (Fsp3) is 0.909. The highest BCUT2D eigenvalue weighted by atomic mass is 16.5. The van der Waals surface area contributed by atoms with Crippen LogP contribution in [-0.2, 0) is 9.53 Å². The molecule has 0 aromatic rings. The monoisotopic (exact) mass is 214 g/mol. The van der Waals surface area contributed by atoms with E-state index in [0.29, 0.717) is 6.42 Å². The van der Waals surface area contributed by atoms with Gasteiger partial charge in [-0.3, -0.25) is 4.90 Å². The molecule has 0 aromatic carbocycles. The smallest absolute Gasteiger partial charge is 0.129 e. The lowest BCUT2D eigenvalue weighted by atomic mass is 10.2. The molecule has 0 unspecified atom stereocenters. The van der Waals surface area contributed by atoms with Crippen LogP contribution in [0.25, 0.3) is 0 Å². The van der Waals surface area contributed by atoms with Crippen LogP contribution in [0.15, 0.2) is 0 Å². The predicted molar refractivity (Wildman–Crippen MR) is 60.0 cm³/mol. The van der Waals surface area contributed by atoms with Crippen LogP contribution in [-0.4, -0.2) is 56.6 Å². The lowest BCUT2D eigenvalue weighted by Crippen LogP contribution is -2.40. The van der Waals surface area contributed by atoms with E-state index in [2.05, 4.69) is 10.2 Å². The van der Waals surface area contributed by atoms with Crippen LogP contribution in [0.2, 0.25) is 0 Å². The third-order valence-corrected chi connectivity index (χ3v) is 2.59. The van der Waals surface area contributed by atoms with Crippen LogP contribution in [0.1, 0.15) is 19.8 Å². The zero-order chi connectivity index (χ0) is 10.9. The summed E-state index contributed by atoms with van der Waals surface area (Å²) in [6, 6.07) is 0. The van der Waals surface area contributed by atoms with Gasteiger partial charge in [-0.25, -0.2) is 0 Å². The van der Waals surface area contributed by atoms with Crippen LogP contribution in [0.3, 0.4) is 0 Å². The zero-order valence-corrected chi connectivity index (χ0v) is 9.63. The molecule has 1 N–H and O–H groups in total. The fourth-order valence-corrected chi connectivity index (χ4v) is 1.65. The van der Waals surface area contributed by atoms with E-state index in [1.807, 2.05) is 0 Å². The lowest BCUT2D eigenvalue weighted by Gasteiger charge is -2.26. The molecule has 4 heteroatoms. The number of carbonyl (C=O) groups is 1. The van der Waals surface area contributed by atoms with Gasteiger partial charge in [0.05, 0.1) is 13.2 Å². The van der Waals surface area contributed by atoms with Gasteiger partial charge < -0.3 is 14.8 Å². The topological polar surface area (TPSA) is 41.6 Å². The van der Waals surface area contributed by atoms with Gasteiger partial charge in [0, 0.05) is 32.6 Å². The largest absolute Gasteiger partial charge is 0.379 e. The normalized spacial score (nSPS) is 17.9. The molecule has 0 bridgehead atoms. The van der Waals surface area contributed by atoms with Gasteiger partial charge in [-0.05, 0) is 19.9 Å². The van der Waals surface area contributed by atoms with Crippen molar-refractivity contribution in [3.63, 3.8) is 0 Å². The number of nitrogens with zero attached hydrogens (tertiary/aromatic N) is 1. The average molecular weight is 214 g/mol. The number of hydrogen-bond acceptors (Lipinski definition) is 4. The van der Waals surface area contributed by atoms with E-state index in [4.69, 9.17) is 4.74 Å². The Morgan fingerprint density at radius 1 is 1.33 bits per heavy atom. The molecule has 88 valence electrons. The fourth-order valence-electron chi connectivity index (χ4n) is 1.65. The molecule has 0 atom stereocenters. The minimum Gasteiger partial charge on any atom is -0.379 e. The number of hydrogen-bond donors (Lipinski definition) is 1. The first-order valence-corrected chi connectivity index (χ1v) is 5.79. The number of ether oxygens (including phenoxy) is 1. The molecule has 4 nitrogen and oxygen atoms in total. The van der Waals surface area contributed by atoms with Gasteiger partial charge in [-0.15, -0.1) is 0 Å². The van der Waals surface area contributed by atoms with Gasteiger partial charge in [0.1, 0.15) is 5.78 Å². The summed E-state index contributed by atoms with van der Waals surface area (Å²) in [5, 5.41) is 3.35. The number of rotatable bonds is 7. The minimum atomic E-state index is 0.282. The van der Waals surface area contributed by atoms with Crippen molar-refractivity contribution >= 4 is 5.78 Å². The number of carbonyl (C=O) groups excluding carboxylic acids is 1. The van der Waals surface area contributed by atoms with Gasteiger partial charge in [-0.2, -0.15) is 0 Å². The van der Waals surface area contributed by atoms with Crippen LogP contribution in [0, 0.1) is 0 Å². The first-order chi connectivity index (χ1) is 7.29. The molecule has 1 rings (SSSR count). The van der Waals surface area contributed by atoms with Crippen molar-refractivity contribution in [3.8, 4) is 0 Å². The van der Waals surface area contributed by atoms with Crippen LogP contribution < -0.4 is 5.32 Å². The van der Waals surface area contributed by atoms with Gasteiger partial charge in [0.2, 0.25) is 0 Å². The second-order valence-corrected chi connectivity index (χ2v) is 4.01. The highest BCUT2D eigenvalue weighted by molar-refractivity contribution is 5.75. The van der Waals surface area contributed by atoms with E-state index in [0.717, 1.165) is 52.4 Å². The van der Waals surface area contributed by atoms with Gasteiger partial charge in [-0.1, -0.05) is 0 Å². The number of ketones is 1. The maximum absolute atomic E-state index is 10.7. The van der Waals surface area contributed by atoms with Gasteiger partial charge >= 0.3 is 0 Å². The van der Waals surface area contributed by atoms with Crippen molar-refractivity contribution in [2.45, 2.75) is 19.8 Å². The van der Waals surface area contributed by atoms with E-state index < -0.39 is 0 Å². The maximum Gasteiger partial charge on any atom is 0.129 e. The molecule has 15 heavy (non-hydrogen) atoms. The van der Waals surface area contributed by atoms with Crippen molar-refractivity contribution in [1.82, 2.24) is 10.2 Å². The summed E-state index contributed by atoms with van der Waals surface area (Å²) in [5.41, 5.74) is 0. The molecule has 0 aliphatic carbocycles. The molecule has 1 aliphatic rings. The Kier molecular flexibility index (Phi) is 6.55. The van der Waals surface area contributed by atoms with Crippen molar-refractivity contribution in [1.29, 1.82) is 0 Å². The predicted octanol–water partition coefficient (Wildman–Crippen LogP) is 0.277. The number of nitrogens with one attached hydrogen (secondary N) is 1. The van der Waals surface area contributed by atoms with E-state index in [9.17, 15) is 4.79 Å². The van der Waals surface area contributed by atoms with E-state index in [-0.39, 0.29) is 5.78 Å². The first-order valence-electron chi connectivity index (χ1n) is 5.79. The summed E-state index contributed by atoms with van der Waals surface area (Å²) in [6.45, 7) is 8.53. The molecule has 0 aromatic heterocycles. The zero-order valence-electron chi connectivity index (χ0n) is 9.63. The average Bonchev–Trinajstić information content (AvgIpc) is 2.24. The molecule has 1 heterocycles. The minimum absolute atomic E-state index is 0.282. The third-order valence-electron chi connectivity index (χ3n) is 2.59. The number of morpholine rings is 1. The summed E-state index contributed by atoms with van der Waals surface area (Å²) in [4.78, 5) is 13.1. The molecule has 0 amide bonds. The standard InChI is InChI=1S/C11H22N2O2/c1-11(14)3-2-4-12-5-6-13-7-9-15-10-8-13/h12H,2-10H2,1H3. The van der Waals surface area contributed by atoms with Gasteiger partial charge in [0.15, 0.2) is 0 Å². The highest BCUT2D eigenvalue weighted by Gasteiger charge is 2.08.